The van der Waals surface area contributed by atoms with Gasteiger partial charge in [-0.2, -0.15) is 17.0 Å². The van der Waals surface area contributed by atoms with Crippen LogP contribution in [0, 0.1) is 0 Å². The van der Waals surface area contributed by atoms with Crippen molar-refractivity contribution in [3.05, 3.63) is 0 Å². The van der Waals surface area contributed by atoms with Crippen molar-refractivity contribution in [2.45, 2.75) is 12.5 Å². The molecule has 0 spiro atoms. The maximum Gasteiger partial charge on any atom is 0.324 e. The summed E-state index contributed by atoms with van der Waals surface area (Å²) < 4.78 is 26.2. The molecule has 0 radical (unpaired) electrons. The number of carbonyl (C=O) groups excluding carboxylic acids is 2. The van der Waals surface area contributed by atoms with Crippen LogP contribution in [0.25, 0.3) is 0 Å². The van der Waals surface area contributed by atoms with Crippen LogP contribution in [0.2, 0.25) is 0 Å². The zero-order chi connectivity index (χ0) is 13.5. The molecule has 1 unspecified atom stereocenters. The smallest absolute Gasteiger partial charge is 0.324 e. The van der Waals surface area contributed by atoms with Crippen LogP contribution in [0.1, 0.15) is 6.42 Å². The Morgan fingerprint density at radius 3 is 2.50 bits per heavy atom. The van der Waals surface area contributed by atoms with Gasteiger partial charge in [0.05, 0.1) is 12.6 Å². The third-order valence-electron chi connectivity index (χ3n) is 3.16. The second kappa shape index (κ2) is 4.48. The highest BCUT2D eigenvalue weighted by Crippen LogP contribution is 2.21. The highest BCUT2D eigenvalue weighted by Gasteiger charge is 2.41. The van der Waals surface area contributed by atoms with E-state index in [-0.39, 0.29) is 25.0 Å². The van der Waals surface area contributed by atoms with E-state index in [2.05, 4.69) is 5.32 Å². The lowest BCUT2D eigenvalue weighted by molar-refractivity contribution is -0.126. The van der Waals surface area contributed by atoms with Gasteiger partial charge in [-0.1, -0.05) is 0 Å². The molecular weight excluding hydrogens is 260 g/mol. The second-order valence-electron chi connectivity index (χ2n) is 4.51. The topological polar surface area (TPSA) is 90.0 Å². The van der Waals surface area contributed by atoms with Crippen molar-refractivity contribution in [2.75, 3.05) is 33.7 Å². The maximum absolute atomic E-state index is 11.9. The van der Waals surface area contributed by atoms with Gasteiger partial charge in [0, 0.05) is 27.2 Å². The summed E-state index contributed by atoms with van der Waals surface area (Å²) in [6, 6.07) is -0.802. The van der Waals surface area contributed by atoms with E-state index >= 15 is 0 Å². The summed E-state index contributed by atoms with van der Waals surface area (Å²) in [5, 5.41) is 2.43. The van der Waals surface area contributed by atoms with Gasteiger partial charge in [-0.15, -0.1) is 0 Å². The minimum Gasteiger partial charge on any atom is -0.329 e. The number of urea groups is 1. The monoisotopic (exact) mass is 276 g/mol. The normalized spacial score (nSPS) is 26.2. The van der Waals surface area contributed by atoms with E-state index in [9.17, 15) is 18.0 Å². The van der Waals surface area contributed by atoms with E-state index in [0.29, 0.717) is 13.0 Å². The van der Waals surface area contributed by atoms with E-state index in [0.717, 1.165) is 9.21 Å². The van der Waals surface area contributed by atoms with Gasteiger partial charge in [0.25, 0.3) is 10.2 Å². The Kier molecular flexibility index (Phi) is 3.30. The van der Waals surface area contributed by atoms with Crippen molar-refractivity contribution in [1.82, 2.24) is 18.8 Å². The van der Waals surface area contributed by atoms with Gasteiger partial charge in [0.15, 0.2) is 0 Å². The van der Waals surface area contributed by atoms with Crippen molar-refractivity contribution >= 4 is 22.1 Å². The molecule has 0 aliphatic carbocycles. The lowest BCUT2D eigenvalue weighted by Crippen LogP contribution is -2.44. The molecule has 9 heteroatoms. The summed E-state index contributed by atoms with van der Waals surface area (Å²) in [6.07, 6.45) is 0.478. The fourth-order valence-corrected chi connectivity index (χ4v) is 3.32. The minimum atomic E-state index is -3.48. The molecule has 2 aliphatic rings. The van der Waals surface area contributed by atoms with Gasteiger partial charge in [-0.25, -0.2) is 4.79 Å². The number of hydrogen-bond acceptors (Lipinski definition) is 4. The Labute approximate surface area is 106 Å². The lowest BCUT2D eigenvalue weighted by Gasteiger charge is -2.23. The molecule has 0 aromatic heterocycles. The predicted molar refractivity (Wildman–Crippen MR) is 62.8 cm³/mol. The molecular formula is C9H16N4O4S. The summed E-state index contributed by atoms with van der Waals surface area (Å²) in [7, 11) is -0.568. The van der Waals surface area contributed by atoms with Crippen molar-refractivity contribution in [1.29, 1.82) is 0 Å². The molecule has 8 nitrogen and oxygen atoms in total. The second-order valence-corrected chi connectivity index (χ2v) is 6.66. The quantitative estimate of drug-likeness (QED) is 0.630. The highest BCUT2D eigenvalue weighted by molar-refractivity contribution is 7.86. The average molecular weight is 276 g/mol. The van der Waals surface area contributed by atoms with Gasteiger partial charge in [-0.05, 0) is 6.42 Å². The van der Waals surface area contributed by atoms with Crippen LogP contribution in [-0.2, 0) is 15.0 Å². The number of nitrogens with one attached hydrogen (secondary N) is 1. The Bertz CT molecular complexity index is 459. The predicted octanol–water partition coefficient (Wildman–Crippen LogP) is -1.58. The minimum absolute atomic E-state index is 0.00420. The first-order chi connectivity index (χ1) is 8.34. The Morgan fingerprint density at radius 1 is 1.33 bits per heavy atom. The summed E-state index contributed by atoms with van der Waals surface area (Å²) in [6.45, 7) is 0.484. The van der Waals surface area contributed by atoms with Crippen LogP contribution in [0.3, 0.4) is 0 Å². The van der Waals surface area contributed by atoms with Crippen molar-refractivity contribution < 1.29 is 18.0 Å². The highest BCUT2D eigenvalue weighted by atomic mass is 32.2. The molecule has 2 aliphatic heterocycles. The summed E-state index contributed by atoms with van der Waals surface area (Å²) in [4.78, 5) is 24.1. The zero-order valence-electron chi connectivity index (χ0n) is 10.3. The van der Waals surface area contributed by atoms with Crippen molar-refractivity contribution in [2.24, 2.45) is 0 Å². The first-order valence-corrected chi connectivity index (χ1v) is 7.01. The Hall–Kier alpha value is -1.19. The molecule has 0 saturated carbocycles. The van der Waals surface area contributed by atoms with Crippen molar-refractivity contribution in [3.63, 3.8) is 0 Å². The number of amides is 3. The van der Waals surface area contributed by atoms with E-state index in [1.165, 1.54) is 18.4 Å². The standard InChI is InChI=1S/C9H16N4O4S/c1-11(2)18(16,17)12-4-3-7(6-12)13-8(14)5-10-9(13)15/h7H,3-6H2,1-2H3,(H,10,15). The van der Waals surface area contributed by atoms with Gasteiger partial charge in [0.2, 0.25) is 5.91 Å². The molecule has 0 bridgehead atoms. The molecule has 2 rings (SSSR count). The summed E-state index contributed by atoms with van der Waals surface area (Å²) >= 11 is 0. The number of hydrogen-bond donors (Lipinski definition) is 1. The summed E-state index contributed by atoms with van der Waals surface area (Å²) in [5.74, 6) is -0.297. The van der Waals surface area contributed by atoms with Gasteiger partial charge in [0.1, 0.15) is 0 Å². The molecule has 2 fully saturated rings. The Balaban J connectivity index is 2.10. The van der Waals surface area contributed by atoms with Gasteiger partial charge < -0.3 is 5.32 Å². The molecule has 0 aromatic rings. The number of imide groups is 1. The molecule has 2 saturated heterocycles. The van der Waals surface area contributed by atoms with Crippen molar-refractivity contribution in [3.8, 4) is 0 Å². The first-order valence-electron chi connectivity index (χ1n) is 5.61. The van der Waals surface area contributed by atoms with E-state index in [4.69, 9.17) is 0 Å². The largest absolute Gasteiger partial charge is 0.329 e. The third-order valence-corrected chi connectivity index (χ3v) is 5.06. The van der Waals surface area contributed by atoms with E-state index in [1.54, 1.807) is 0 Å². The first kappa shape index (κ1) is 13.2. The fraction of sp³-hybridized carbons (Fsp3) is 0.778. The van der Waals surface area contributed by atoms with Crippen LogP contribution in [0.4, 0.5) is 4.79 Å². The third kappa shape index (κ3) is 2.08. The Morgan fingerprint density at radius 2 is 2.00 bits per heavy atom. The van der Waals surface area contributed by atoms with Crippen LogP contribution in [0.15, 0.2) is 0 Å². The van der Waals surface area contributed by atoms with Gasteiger partial charge in [-0.3, -0.25) is 9.69 Å². The molecule has 18 heavy (non-hydrogen) atoms. The summed E-state index contributed by atoms with van der Waals surface area (Å²) in [5.41, 5.74) is 0. The number of nitrogens with zero attached hydrogens (tertiary/aromatic N) is 3. The molecule has 2 heterocycles. The molecule has 3 amide bonds. The van der Waals surface area contributed by atoms with E-state index < -0.39 is 16.2 Å². The van der Waals surface area contributed by atoms with Crippen LogP contribution in [-0.4, -0.2) is 73.6 Å². The zero-order valence-corrected chi connectivity index (χ0v) is 11.1. The lowest BCUT2D eigenvalue weighted by atomic mass is 10.2. The van der Waals surface area contributed by atoms with Crippen LogP contribution < -0.4 is 5.32 Å². The average Bonchev–Trinajstić information content (AvgIpc) is 2.86. The maximum atomic E-state index is 11.9. The molecule has 0 aromatic carbocycles. The van der Waals surface area contributed by atoms with Crippen LogP contribution >= 0.6 is 0 Å². The number of carbonyl (C=O) groups is 2. The number of rotatable bonds is 3. The SMILES string of the molecule is CN(C)S(=O)(=O)N1CCC(N2C(=O)CNC2=O)C1. The van der Waals surface area contributed by atoms with Crippen LogP contribution in [0.5, 0.6) is 0 Å². The fourth-order valence-electron chi connectivity index (χ4n) is 2.17. The van der Waals surface area contributed by atoms with Gasteiger partial charge >= 0.3 is 6.03 Å². The molecule has 1 atom stereocenters. The molecule has 1 N–H and O–H groups in total. The molecule has 102 valence electrons. The van der Waals surface area contributed by atoms with E-state index in [1.807, 2.05) is 0 Å².